The van der Waals surface area contributed by atoms with Crippen LogP contribution in [-0.2, 0) is 6.42 Å². The summed E-state index contributed by atoms with van der Waals surface area (Å²) in [6.45, 7) is 1.55. The fraction of sp³-hybridized carbons (Fsp3) is 0.250. The van der Waals surface area contributed by atoms with Crippen molar-refractivity contribution in [3.8, 4) is 5.75 Å². The maximum absolute atomic E-state index is 13.1. The van der Waals surface area contributed by atoms with Crippen LogP contribution in [-0.4, -0.2) is 47.6 Å². The summed E-state index contributed by atoms with van der Waals surface area (Å²) in [4.78, 5) is 33.3. The lowest BCUT2D eigenvalue weighted by molar-refractivity contribution is 0.0905. The number of nitrogens with zero attached hydrogens (tertiary/aromatic N) is 2. The monoisotopic (exact) mass is 446 g/mol. The van der Waals surface area contributed by atoms with E-state index in [0.717, 1.165) is 19.4 Å². The van der Waals surface area contributed by atoms with E-state index in [4.69, 9.17) is 4.74 Å². The number of urea groups is 1. The fourth-order valence-electron chi connectivity index (χ4n) is 3.91. The molecule has 1 aliphatic rings. The van der Waals surface area contributed by atoms with Crippen LogP contribution in [0.15, 0.2) is 67.1 Å². The van der Waals surface area contributed by atoms with Crippen molar-refractivity contribution in [2.45, 2.75) is 18.4 Å². The SMILES string of the molecule is COc1cc(C(=O)N[C@@]2(Cc3ccccc3)CCNC2)ccc1NC(=O)Nc1cnccn1. The van der Waals surface area contributed by atoms with Gasteiger partial charge in [0.25, 0.3) is 5.91 Å². The summed E-state index contributed by atoms with van der Waals surface area (Å²) in [5.41, 5.74) is 1.69. The Hall–Kier alpha value is -3.98. The Kier molecular flexibility index (Phi) is 6.80. The second-order valence-electron chi connectivity index (χ2n) is 7.91. The van der Waals surface area contributed by atoms with Gasteiger partial charge in [-0.15, -0.1) is 0 Å². The van der Waals surface area contributed by atoms with Gasteiger partial charge in [0.2, 0.25) is 0 Å². The molecule has 1 aliphatic heterocycles. The average molecular weight is 447 g/mol. The number of carbonyl (C=O) groups excluding carboxylic acids is 2. The van der Waals surface area contributed by atoms with Gasteiger partial charge in [0.15, 0.2) is 5.82 Å². The Morgan fingerprint density at radius 3 is 2.67 bits per heavy atom. The number of methoxy groups -OCH3 is 1. The molecule has 9 heteroatoms. The lowest BCUT2D eigenvalue weighted by atomic mass is 9.89. The number of hydrogen-bond donors (Lipinski definition) is 4. The zero-order valence-corrected chi connectivity index (χ0v) is 18.3. The van der Waals surface area contributed by atoms with Crippen molar-refractivity contribution < 1.29 is 14.3 Å². The molecule has 0 unspecified atom stereocenters. The van der Waals surface area contributed by atoms with Crippen molar-refractivity contribution in [1.82, 2.24) is 20.6 Å². The average Bonchev–Trinajstić information content (AvgIpc) is 3.28. The van der Waals surface area contributed by atoms with E-state index in [2.05, 4.69) is 43.4 Å². The van der Waals surface area contributed by atoms with Crippen LogP contribution in [0.2, 0.25) is 0 Å². The molecule has 170 valence electrons. The largest absolute Gasteiger partial charge is 0.495 e. The summed E-state index contributed by atoms with van der Waals surface area (Å²) in [5, 5.41) is 11.9. The molecule has 3 amide bonds. The lowest BCUT2D eigenvalue weighted by Gasteiger charge is -2.30. The first-order valence-corrected chi connectivity index (χ1v) is 10.7. The topological polar surface area (TPSA) is 117 Å². The molecule has 0 bridgehead atoms. The van der Waals surface area contributed by atoms with E-state index < -0.39 is 6.03 Å². The van der Waals surface area contributed by atoms with Crippen LogP contribution >= 0.6 is 0 Å². The van der Waals surface area contributed by atoms with Crippen LogP contribution < -0.4 is 26.0 Å². The van der Waals surface area contributed by atoms with Gasteiger partial charge in [-0.25, -0.2) is 9.78 Å². The lowest BCUT2D eigenvalue weighted by Crippen LogP contribution is -2.51. The summed E-state index contributed by atoms with van der Waals surface area (Å²) in [7, 11) is 1.49. The Labute approximate surface area is 192 Å². The Morgan fingerprint density at radius 1 is 1.12 bits per heavy atom. The van der Waals surface area contributed by atoms with Crippen molar-refractivity contribution in [1.29, 1.82) is 0 Å². The Morgan fingerprint density at radius 2 is 1.97 bits per heavy atom. The summed E-state index contributed by atoms with van der Waals surface area (Å²) in [6.07, 6.45) is 6.02. The van der Waals surface area contributed by atoms with Gasteiger partial charge in [0.05, 0.1) is 24.5 Å². The molecule has 4 N–H and O–H groups in total. The first kappa shape index (κ1) is 22.2. The number of ether oxygens (including phenoxy) is 1. The molecule has 1 aromatic heterocycles. The van der Waals surface area contributed by atoms with E-state index >= 15 is 0 Å². The molecular weight excluding hydrogens is 420 g/mol. The minimum atomic E-state index is -0.496. The molecule has 0 spiro atoms. The molecule has 1 atom stereocenters. The number of hydrogen-bond acceptors (Lipinski definition) is 6. The van der Waals surface area contributed by atoms with Gasteiger partial charge in [0.1, 0.15) is 5.75 Å². The zero-order chi connectivity index (χ0) is 23.1. The van der Waals surface area contributed by atoms with Crippen LogP contribution in [0.4, 0.5) is 16.3 Å². The summed E-state index contributed by atoms with van der Waals surface area (Å²) in [6, 6.07) is 14.6. The third-order valence-electron chi connectivity index (χ3n) is 5.52. The summed E-state index contributed by atoms with van der Waals surface area (Å²) >= 11 is 0. The fourth-order valence-corrected chi connectivity index (χ4v) is 3.91. The number of anilines is 2. The zero-order valence-electron chi connectivity index (χ0n) is 18.3. The van der Waals surface area contributed by atoms with Crippen LogP contribution in [0.3, 0.4) is 0 Å². The smallest absolute Gasteiger partial charge is 0.324 e. The number of nitrogens with one attached hydrogen (secondary N) is 4. The molecule has 0 radical (unpaired) electrons. The highest BCUT2D eigenvalue weighted by molar-refractivity contribution is 6.01. The summed E-state index contributed by atoms with van der Waals surface area (Å²) < 4.78 is 5.42. The molecule has 33 heavy (non-hydrogen) atoms. The van der Waals surface area contributed by atoms with E-state index in [1.54, 1.807) is 18.2 Å². The van der Waals surface area contributed by atoms with Crippen LogP contribution in [0, 0.1) is 0 Å². The van der Waals surface area contributed by atoms with Crippen molar-refractivity contribution in [3.05, 3.63) is 78.2 Å². The highest BCUT2D eigenvalue weighted by Gasteiger charge is 2.35. The number of benzene rings is 2. The molecule has 4 rings (SSSR count). The molecule has 0 aliphatic carbocycles. The predicted octanol–water partition coefficient (Wildman–Crippen LogP) is 2.83. The van der Waals surface area contributed by atoms with E-state index in [0.29, 0.717) is 29.4 Å². The van der Waals surface area contributed by atoms with Crippen molar-refractivity contribution in [2.75, 3.05) is 30.8 Å². The third-order valence-corrected chi connectivity index (χ3v) is 5.52. The van der Waals surface area contributed by atoms with Gasteiger partial charge >= 0.3 is 6.03 Å². The predicted molar refractivity (Wildman–Crippen MR) is 125 cm³/mol. The van der Waals surface area contributed by atoms with Gasteiger partial charge in [-0.2, -0.15) is 0 Å². The number of carbonyl (C=O) groups is 2. The number of amides is 3. The molecule has 1 saturated heterocycles. The first-order chi connectivity index (χ1) is 16.1. The quantitative estimate of drug-likeness (QED) is 0.443. The first-order valence-electron chi connectivity index (χ1n) is 10.7. The second kappa shape index (κ2) is 10.1. The molecular formula is C24H26N6O3. The van der Waals surface area contributed by atoms with Gasteiger partial charge in [-0.3, -0.25) is 15.1 Å². The van der Waals surface area contributed by atoms with E-state index in [9.17, 15) is 9.59 Å². The maximum Gasteiger partial charge on any atom is 0.324 e. The van der Waals surface area contributed by atoms with Crippen molar-refractivity contribution >= 4 is 23.4 Å². The standard InChI is InChI=1S/C24H26N6O3/c1-33-20-13-18(7-8-19(20)28-23(32)29-21-15-25-11-12-27-21)22(31)30-24(9-10-26-16-24)14-17-5-3-2-4-6-17/h2-8,11-13,15,26H,9-10,14,16H2,1H3,(H,30,31)(H2,27,28,29,32)/t24-/m1/s1. The minimum Gasteiger partial charge on any atom is -0.495 e. The maximum atomic E-state index is 13.1. The summed E-state index contributed by atoms with van der Waals surface area (Å²) in [5.74, 6) is 0.501. The molecule has 0 saturated carbocycles. The van der Waals surface area contributed by atoms with Gasteiger partial charge < -0.3 is 20.7 Å². The molecule has 2 heterocycles. The van der Waals surface area contributed by atoms with Crippen molar-refractivity contribution in [3.63, 3.8) is 0 Å². The van der Waals surface area contributed by atoms with E-state index in [1.807, 2.05) is 18.2 Å². The van der Waals surface area contributed by atoms with Gasteiger partial charge in [-0.1, -0.05) is 30.3 Å². The second-order valence-corrected chi connectivity index (χ2v) is 7.91. The molecule has 3 aromatic rings. The number of aromatic nitrogens is 2. The van der Waals surface area contributed by atoms with Crippen LogP contribution in [0.25, 0.3) is 0 Å². The minimum absolute atomic E-state index is 0.191. The highest BCUT2D eigenvalue weighted by Crippen LogP contribution is 2.27. The van der Waals surface area contributed by atoms with Crippen LogP contribution in [0.1, 0.15) is 22.3 Å². The van der Waals surface area contributed by atoms with Crippen LogP contribution in [0.5, 0.6) is 5.75 Å². The Balaban J connectivity index is 1.46. The molecule has 9 nitrogen and oxygen atoms in total. The van der Waals surface area contributed by atoms with Crippen molar-refractivity contribution in [2.24, 2.45) is 0 Å². The highest BCUT2D eigenvalue weighted by atomic mass is 16.5. The van der Waals surface area contributed by atoms with Gasteiger partial charge in [-0.05, 0) is 43.1 Å². The van der Waals surface area contributed by atoms with Gasteiger partial charge in [0, 0.05) is 24.5 Å². The third kappa shape index (κ3) is 5.64. The van der Waals surface area contributed by atoms with E-state index in [1.165, 1.54) is 31.3 Å². The Bertz CT molecular complexity index is 1100. The molecule has 1 fully saturated rings. The van der Waals surface area contributed by atoms with E-state index in [-0.39, 0.29) is 11.4 Å². The normalized spacial score (nSPS) is 17.2. The molecule has 2 aromatic carbocycles. The number of rotatable bonds is 7.